The van der Waals surface area contributed by atoms with Crippen molar-refractivity contribution in [2.45, 2.75) is 6.54 Å². The van der Waals surface area contributed by atoms with E-state index in [1.54, 1.807) is 5.38 Å². The number of anilines is 1. The van der Waals surface area contributed by atoms with Gasteiger partial charge in [-0.1, -0.05) is 35.3 Å². The van der Waals surface area contributed by atoms with Gasteiger partial charge in [-0.05, 0) is 17.7 Å². The average molecular weight is 259 g/mol. The molecule has 0 aliphatic heterocycles. The zero-order valence-corrected chi connectivity index (χ0v) is 10.0. The lowest BCUT2D eigenvalue weighted by atomic mass is 10.2. The lowest BCUT2D eigenvalue weighted by Gasteiger charge is -2.02. The number of thiazole rings is 1. The van der Waals surface area contributed by atoms with Crippen molar-refractivity contribution in [3.8, 4) is 0 Å². The van der Waals surface area contributed by atoms with Gasteiger partial charge in [0.2, 0.25) is 0 Å². The van der Waals surface area contributed by atoms with E-state index in [0.29, 0.717) is 5.15 Å². The fourth-order valence-electron chi connectivity index (χ4n) is 1.12. The molecule has 15 heavy (non-hydrogen) atoms. The standard InChI is InChI=1S/C10H8Cl2N2S/c11-8-3-1-7(2-4-8)5-13-10-14-9(12)6-15-10/h1-4,6H,5H2,(H,13,14). The molecule has 0 amide bonds. The molecule has 0 saturated heterocycles. The molecule has 1 N–H and O–H groups in total. The molecule has 1 aromatic carbocycles. The number of rotatable bonds is 3. The SMILES string of the molecule is Clc1ccc(CNc2nc(Cl)cs2)cc1. The Kier molecular flexibility index (Phi) is 3.46. The number of nitrogens with zero attached hydrogens (tertiary/aromatic N) is 1. The van der Waals surface area contributed by atoms with Crippen molar-refractivity contribution < 1.29 is 0 Å². The summed E-state index contributed by atoms with van der Waals surface area (Å²) in [5.41, 5.74) is 1.16. The molecular formula is C10H8Cl2N2S. The second-order valence-corrected chi connectivity index (χ2v) is 4.64. The molecule has 0 unspecified atom stereocenters. The Morgan fingerprint density at radius 2 is 1.93 bits per heavy atom. The third kappa shape index (κ3) is 3.09. The predicted octanol–water partition coefficient (Wildman–Crippen LogP) is 4.06. The zero-order valence-electron chi connectivity index (χ0n) is 7.71. The summed E-state index contributed by atoms with van der Waals surface area (Å²) in [5, 5.41) is 7.08. The maximum absolute atomic E-state index is 5.78. The Hall–Kier alpha value is -0.770. The Morgan fingerprint density at radius 1 is 1.20 bits per heavy atom. The van der Waals surface area contributed by atoms with Crippen LogP contribution >= 0.6 is 34.5 Å². The molecule has 0 atom stereocenters. The van der Waals surface area contributed by atoms with E-state index >= 15 is 0 Å². The van der Waals surface area contributed by atoms with E-state index in [4.69, 9.17) is 23.2 Å². The minimum absolute atomic E-state index is 0.526. The Bertz CT molecular complexity index is 439. The summed E-state index contributed by atoms with van der Waals surface area (Å²) in [6.07, 6.45) is 0. The monoisotopic (exact) mass is 258 g/mol. The maximum Gasteiger partial charge on any atom is 0.184 e. The molecule has 0 bridgehead atoms. The maximum atomic E-state index is 5.78. The van der Waals surface area contributed by atoms with Crippen LogP contribution in [0.1, 0.15) is 5.56 Å². The van der Waals surface area contributed by atoms with Gasteiger partial charge < -0.3 is 5.32 Å². The van der Waals surface area contributed by atoms with Gasteiger partial charge in [-0.2, -0.15) is 0 Å². The van der Waals surface area contributed by atoms with Crippen molar-refractivity contribution in [3.05, 3.63) is 45.4 Å². The van der Waals surface area contributed by atoms with E-state index in [1.165, 1.54) is 11.3 Å². The molecular weight excluding hydrogens is 251 g/mol. The quantitative estimate of drug-likeness (QED) is 0.898. The van der Waals surface area contributed by atoms with E-state index in [-0.39, 0.29) is 0 Å². The Morgan fingerprint density at radius 3 is 2.53 bits per heavy atom. The van der Waals surface area contributed by atoms with E-state index in [0.717, 1.165) is 22.3 Å². The molecule has 1 heterocycles. The topological polar surface area (TPSA) is 24.9 Å². The molecule has 1 aromatic heterocycles. The van der Waals surface area contributed by atoms with E-state index < -0.39 is 0 Å². The van der Waals surface area contributed by atoms with Crippen LogP contribution in [-0.4, -0.2) is 4.98 Å². The molecule has 0 fully saturated rings. The molecule has 0 spiro atoms. The van der Waals surface area contributed by atoms with Crippen molar-refractivity contribution >= 4 is 39.7 Å². The molecule has 2 aromatic rings. The molecule has 78 valence electrons. The van der Waals surface area contributed by atoms with Gasteiger partial charge in [0.1, 0.15) is 5.15 Å². The molecule has 0 saturated carbocycles. The van der Waals surface area contributed by atoms with Crippen LogP contribution in [0.5, 0.6) is 0 Å². The fraction of sp³-hybridized carbons (Fsp3) is 0.100. The Balaban J connectivity index is 1.96. The van der Waals surface area contributed by atoms with Crippen LogP contribution < -0.4 is 5.32 Å². The zero-order chi connectivity index (χ0) is 10.7. The Labute approximate surface area is 102 Å². The first-order valence-corrected chi connectivity index (χ1v) is 5.97. The smallest absolute Gasteiger partial charge is 0.184 e. The molecule has 2 rings (SSSR count). The highest BCUT2D eigenvalue weighted by atomic mass is 35.5. The van der Waals surface area contributed by atoms with Gasteiger partial charge in [0, 0.05) is 16.9 Å². The summed E-state index contributed by atoms with van der Waals surface area (Å²) in [4.78, 5) is 4.09. The summed E-state index contributed by atoms with van der Waals surface area (Å²) in [6, 6.07) is 7.69. The fourth-order valence-corrected chi connectivity index (χ4v) is 2.08. The van der Waals surface area contributed by atoms with Crippen LogP contribution in [0.15, 0.2) is 29.6 Å². The van der Waals surface area contributed by atoms with Crippen molar-refractivity contribution in [3.63, 3.8) is 0 Å². The van der Waals surface area contributed by atoms with Crippen molar-refractivity contribution in [1.29, 1.82) is 0 Å². The summed E-state index contributed by atoms with van der Waals surface area (Å²) >= 11 is 13.0. The molecule has 5 heteroatoms. The highest BCUT2D eigenvalue weighted by Gasteiger charge is 1.98. The van der Waals surface area contributed by atoms with Crippen LogP contribution in [0.25, 0.3) is 0 Å². The lowest BCUT2D eigenvalue weighted by molar-refractivity contribution is 1.13. The third-order valence-electron chi connectivity index (χ3n) is 1.83. The summed E-state index contributed by atoms with van der Waals surface area (Å²) < 4.78 is 0. The second kappa shape index (κ2) is 4.84. The summed E-state index contributed by atoms with van der Waals surface area (Å²) in [5.74, 6) is 0. The second-order valence-electron chi connectivity index (χ2n) is 2.96. The molecule has 2 nitrogen and oxygen atoms in total. The van der Waals surface area contributed by atoms with Gasteiger partial charge in [0.05, 0.1) is 0 Å². The summed E-state index contributed by atoms with van der Waals surface area (Å²) in [7, 11) is 0. The number of hydrogen-bond acceptors (Lipinski definition) is 3. The van der Waals surface area contributed by atoms with Gasteiger partial charge >= 0.3 is 0 Å². The number of hydrogen-bond donors (Lipinski definition) is 1. The van der Waals surface area contributed by atoms with Gasteiger partial charge in [-0.15, -0.1) is 11.3 Å². The van der Waals surface area contributed by atoms with Crippen LogP contribution in [0.2, 0.25) is 10.2 Å². The minimum atomic E-state index is 0.526. The summed E-state index contributed by atoms with van der Waals surface area (Å²) in [6.45, 7) is 0.723. The van der Waals surface area contributed by atoms with E-state index in [2.05, 4.69) is 10.3 Å². The van der Waals surface area contributed by atoms with Gasteiger partial charge in [0.15, 0.2) is 5.13 Å². The number of halogens is 2. The van der Waals surface area contributed by atoms with Gasteiger partial charge in [-0.25, -0.2) is 4.98 Å². The first-order chi connectivity index (χ1) is 7.24. The van der Waals surface area contributed by atoms with Crippen molar-refractivity contribution in [1.82, 2.24) is 4.98 Å². The van der Waals surface area contributed by atoms with Crippen LogP contribution in [0.4, 0.5) is 5.13 Å². The first kappa shape index (κ1) is 10.7. The highest BCUT2D eigenvalue weighted by Crippen LogP contribution is 2.19. The first-order valence-electron chi connectivity index (χ1n) is 4.33. The number of nitrogens with one attached hydrogen (secondary N) is 1. The average Bonchev–Trinajstić information content (AvgIpc) is 2.64. The van der Waals surface area contributed by atoms with Gasteiger partial charge in [0.25, 0.3) is 0 Å². The lowest BCUT2D eigenvalue weighted by Crippen LogP contribution is -1.98. The normalized spacial score (nSPS) is 10.3. The van der Waals surface area contributed by atoms with Crippen LogP contribution in [-0.2, 0) is 6.54 Å². The van der Waals surface area contributed by atoms with Crippen molar-refractivity contribution in [2.75, 3.05) is 5.32 Å². The minimum Gasteiger partial charge on any atom is -0.357 e. The molecule has 0 aliphatic rings. The highest BCUT2D eigenvalue weighted by molar-refractivity contribution is 7.14. The van der Waals surface area contributed by atoms with Crippen LogP contribution in [0, 0.1) is 0 Å². The largest absolute Gasteiger partial charge is 0.357 e. The van der Waals surface area contributed by atoms with Crippen LogP contribution in [0.3, 0.4) is 0 Å². The molecule has 0 radical (unpaired) electrons. The molecule has 0 aliphatic carbocycles. The van der Waals surface area contributed by atoms with Crippen molar-refractivity contribution in [2.24, 2.45) is 0 Å². The van der Waals surface area contributed by atoms with E-state index in [9.17, 15) is 0 Å². The number of aromatic nitrogens is 1. The predicted molar refractivity (Wildman–Crippen MR) is 65.9 cm³/mol. The third-order valence-corrected chi connectivity index (χ3v) is 3.21. The van der Waals surface area contributed by atoms with Gasteiger partial charge in [-0.3, -0.25) is 0 Å². The van der Waals surface area contributed by atoms with E-state index in [1.807, 2.05) is 24.3 Å². The number of benzene rings is 1.